The van der Waals surface area contributed by atoms with E-state index in [1.807, 2.05) is 30.3 Å². The highest BCUT2D eigenvalue weighted by molar-refractivity contribution is 5.95. The van der Waals surface area contributed by atoms with Crippen LogP contribution in [0.25, 0.3) is 0 Å². The standard InChI is InChI=1S/C13H13N3O2/c1-8-11(13(17)18)12-14-10(7-16(12)15-8)9-5-3-2-4-6-9/h2-6,10,14H,7H2,1H3,(H,17,18)/t10-/m1/s1. The average molecular weight is 243 g/mol. The van der Waals surface area contributed by atoms with Crippen LogP contribution in [0, 0.1) is 6.92 Å². The number of hydrogen-bond donors (Lipinski definition) is 2. The number of aromatic carboxylic acids is 1. The van der Waals surface area contributed by atoms with E-state index in [1.165, 1.54) is 0 Å². The Kier molecular flexibility index (Phi) is 2.33. The Balaban J connectivity index is 1.95. The molecule has 0 fully saturated rings. The molecular formula is C13H13N3O2. The van der Waals surface area contributed by atoms with E-state index in [9.17, 15) is 9.90 Å². The highest BCUT2D eigenvalue weighted by Gasteiger charge is 2.29. The van der Waals surface area contributed by atoms with Gasteiger partial charge in [0, 0.05) is 0 Å². The summed E-state index contributed by atoms with van der Waals surface area (Å²) in [5.41, 5.74) is 1.96. The smallest absolute Gasteiger partial charge is 0.341 e. The van der Waals surface area contributed by atoms with Crippen LogP contribution in [0.15, 0.2) is 30.3 Å². The van der Waals surface area contributed by atoms with Gasteiger partial charge >= 0.3 is 5.97 Å². The lowest BCUT2D eigenvalue weighted by Gasteiger charge is -2.10. The molecule has 0 bridgehead atoms. The molecule has 2 heterocycles. The summed E-state index contributed by atoms with van der Waals surface area (Å²) in [6.07, 6.45) is 0. The Morgan fingerprint density at radius 1 is 1.44 bits per heavy atom. The second-order valence-electron chi connectivity index (χ2n) is 4.40. The number of anilines is 1. The Labute approximate surface area is 104 Å². The first-order valence-electron chi connectivity index (χ1n) is 5.79. The first-order valence-corrected chi connectivity index (χ1v) is 5.79. The number of nitrogens with one attached hydrogen (secondary N) is 1. The maximum absolute atomic E-state index is 11.2. The fourth-order valence-corrected chi connectivity index (χ4v) is 2.37. The Morgan fingerprint density at radius 2 is 2.17 bits per heavy atom. The van der Waals surface area contributed by atoms with E-state index in [4.69, 9.17) is 0 Å². The van der Waals surface area contributed by atoms with Gasteiger partial charge in [-0.25, -0.2) is 9.48 Å². The second kappa shape index (κ2) is 3.87. The van der Waals surface area contributed by atoms with Crippen molar-refractivity contribution < 1.29 is 9.90 Å². The first-order chi connectivity index (χ1) is 8.66. The monoisotopic (exact) mass is 243 g/mol. The van der Waals surface area contributed by atoms with E-state index in [0.29, 0.717) is 18.1 Å². The van der Waals surface area contributed by atoms with Crippen molar-refractivity contribution in [3.63, 3.8) is 0 Å². The summed E-state index contributed by atoms with van der Waals surface area (Å²) in [7, 11) is 0. The summed E-state index contributed by atoms with van der Waals surface area (Å²) >= 11 is 0. The van der Waals surface area contributed by atoms with Crippen LogP contribution >= 0.6 is 0 Å². The first kappa shape index (κ1) is 10.8. The lowest BCUT2D eigenvalue weighted by Crippen LogP contribution is -2.09. The predicted octanol–water partition coefficient (Wildman–Crippen LogP) is 2.06. The van der Waals surface area contributed by atoms with Crippen LogP contribution in [-0.4, -0.2) is 20.9 Å². The van der Waals surface area contributed by atoms with E-state index >= 15 is 0 Å². The lowest BCUT2D eigenvalue weighted by molar-refractivity contribution is 0.0697. The summed E-state index contributed by atoms with van der Waals surface area (Å²) in [5.74, 6) is -0.330. The molecule has 2 aromatic rings. The van der Waals surface area contributed by atoms with Crippen molar-refractivity contribution in [1.82, 2.24) is 9.78 Å². The Hall–Kier alpha value is -2.30. The van der Waals surface area contributed by atoms with Gasteiger partial charge in [0.2, 0.25) is 0 Å². The molecule has 0 radical (unpaired) electrons. The molecule has 2 N–H and O–H groups in total. The molecule has 1 aliphatic rings. The molecule has 0 spiro atoms. The van der Waals surface area contributed by atoms with Crippen molar-refractivity contribution in [2.75, 3.05) is 5.32 Å². The van der Waals surface area contributed by atoms with Crippen LogP contribution in [0.3, 0.4) is 0 Å². The van der Waals surface area contributed by atoms with Crippen LogP contribution in [-0.2, 0) is 6.54 Å². The zero-order valence-corrected chi connectivity index (χ0v) is 9.92. The zero-order valence-electron chi connectivity index (χ0n) is 9.92. The third-order valence-electron chi connectivity index (χ3n) is 3.21. The Morgan fingerprint density at radius 3 is 2.83 bits per heavy atom. The van der Waals surface area contributed by atoms with Gasteiger partial charge in [-0.05, 0) is 12.5 Å². The van der Waals surface area contributed by atoms with E-state index in [2.05, 4.69) is 10.4 Å². The lowest BCUT2D eigenvalue weighted by atomic mass is 10.1. The van der Waals surface area contributed by atoms with E-state index in [1.54, 1.807) is 11.6 Å². The molecule has 5 heteroatoms. The van der Waals surface area contributed by atoms with Gasteiger partial charge < -0.3 is 10.4 Å². The molecular weight excluding hydrogens is 230 g/mol. The quantitative estimate of drug-likeness (QED) is 0.847. The number of aryl methyl sites for hydroxylation is 1. The number of carboxylic acid groups (broad SMARTS) is 1. The van der Waals surface area contributed by atoms with Gasteiger partial charge in [-0.1, -0.05) is 30.3 Å². The van der Waals surface area contributed by atoms with Crippen LogP contribution < -0.4 is 5.32 Å². The largest absolute Gasteiger partial charge is 0.477 e. The summed E-state index contributed by atoms with van der Waals surface area (Å²) in [6.45, 7) is 2.38. The molecule has 1 aliphatic heterocycles. The normalized spacial score (nSPS) is 17.3. The van der Waals surface area contributed by atoms with Gasteiger partial charge in [0.1, 0.15) is 11.4 Å². The van der Waals surface area contributed by atoms with E-state index in [0.717, 1.165) is 5.56 Å². The maximum atomic E-state index is 11.2. The number of fused-ring (bicyclic) bond motifs is 1. The van der Waals surface area contributed by atoms with Gasteiger partial charge in [-0.15, -0.1) is 0 Å². The minimum absolute atomic E-state index is 0.0902. The molecule has 0 saturated heterocycles. The van der Waals surface area contributed by atoms with Gasteiger partial charge in [0.05, 0.1) is 18.3 Å². The summed E-state index contributed by atoms with van der Waals surface area (Å²) in [4.78, 5) is 11.2. The third kappa shape index (κ3) is 1.55. The minimum atomic E-state index is -0.935. The predicted molar refractivity (Wildman–Crippen MR) is 66.7 cm³/mol. The number of rotatable bonds is 2. The molecule has 1 atom stereocenters. The fourth-order valence-electron chi connectivity index (χ4n) is 2.37. The summed E-state index contributed by atoms with van der Waals surface area (Å²) < 4.78 is 1.73. The van der Waals surface area contributed by atoms with Crippen LogP contribution in [0.1, 0.15) is 27.7 Å². The summed E-state index contributed by atoms with van der Waals surface area (Å²) in [5, 5.41) is 16.7. The SMILES string of the molecule is Cc1nn2c(c1C(=O)O)N[C@@H](c1ccccc1)C2. The molecule has 5 nitrogen and oxygen atoms in total. The van der Waals surface area contributed by atoms with Crippen molar-refractivity contribution in [2.24, 2.45) is 0 Å². The van der Waals surface area contributed by atoms with Gasteiger partial charge in [0.15, 0.2) is 0 Å². The number of carboxylic acids is 1. The van der Waals surface area contributed by atoms with E-state index < -0.39 is 5.97 Å². The highest BCUT2D eigenvalue weighted by atomic mass is 16.4. The topological polar surface area (TPSA) is 67.2 Å². The van der Waals surface area contributed by atoms with Gasteiger partial charge in [-0.2, -0.15) is 5.10 Å². The number of benzene rings is 1. The molecule has 1 aromatic carbocycles. The summed E-state index contributed by atoms with van der Waals surface area (Å²) in [6, 6.07) is 10.1. The van der Waals surface area contributed by atoms with Gasteiger partial charge in [0.25, 0.3) is 0 Å². The van der Waals surface area contributed by atoms with Gasteiger partial charge in [-0.3, -0.25) is 0 Å². The van der Waals surface area contributed by atoms with Crippen molar-refractivity contribution in [3.8, 4) is 0 Å². The molecule has 0 aliphatic carbocycles. The van der Waals surface area contributed by atoms with Crippen molar-refractivity contribution >= 4 is 11.8 Å². The third-order valence-corrected chi connectivity index (χ3v) is 3.21. The van der Waals surface area contributed by atoms with E-state index in [-0.39, 0.29) is 11.6 Å². The number of nitrogens with zero attached hydrogens (tertiary/aromatic N) is 2. The molecule has 3 rings (SSSR count). The molecule has 0 saturated carbocycles. The maximum Gasteiger partial charge on any atom is 0.341 e. The minimum Gasteiger partial charge on any atom is -0.477 e. The molecule has 1 aromatic heterocycles. The van der Waals surface area contributed by atoms with Crippen molar-refractivity contribution in [1.29, 1.82) is 0 Å². The number of aromatic nitrogens is 2. The van der Waals surface area contributed by atoms with Crippen LogP contribution in [0.4, 0.5) is 5.82 Å². The zero-order chi connectivity index (χ0) is 12.7. The molecule has 0 amide bonds. The van der Waals surface area contributed by atoms with Crippen molar-refractivity contribution in [3.05, 3.63) is 47.2 Å². The molecule has 92 valence electrons. The number of hydrogen-bond acceptors (Lipinski definition) is 3. The second-order valence-corrected chi connectivity index (χ2v) is 4.40. The van der Waals surface area contributed by atoms with Crippen molar-refractivity contribution in [2.45, 2.75) is 19.5 Å². The highest BCUT2D eigenvalue weighted by Crippen LogP contribution is 2.32. The molecule has 0 unspecified atom stereocenters. The average Bonchev–Trinajstić information content (AvgIpc) is 2.85. The van der Waals surface area contributed by atoms with Crippen LogP contribution in [0.2, 0.25) is 0 Å². The Bertz CT molecular complexity index is 604. The van der Waals surface area contributed by atoms with Crippen LogP contribution in [0.5, 0.6) is 0 Å². The number of carbonyl (C=O) groups is 1. The fraction of sp³-hybridized carbons (Fsp3) is 0.231. The molecule has 18 heavy (non-hydrogen) atoms.